The second-order valence-corrected chi connectivity index (χ2v) is 8.38. The van der Waals surface area contributed by atoms with Crippen molar-refractivity contribution >= 4 is 23.5 Å². The van der Waals surface area contributed by atoms with Gasteiger partial charge in [-0.15, -0.1) is 0 Å². The Morgan fingerprint density at radius 3 is 2.61 bits per heavy atom. The number of carbonyl (C=O) groups excluding carboxylic acids is 1. The summed E-state index contributed by atoms with van der Waals surface area (Å²) < 4.78 is 0. The summed E-state index contributed by atoms with van der Waals surface area (Å²) in [5.41, 5.74) is 3.87. The summed E-state index contributed by atoms with van der Waals surface area (Å²) in [6.07, 6.45) is 8.96. The van der Waals surface area contributed by atoms with Gasteiger partial charge in [-0.3, -0.25) is 4.79 Å². The van der Waals surface area contributed by atoms with Gasteiger partial charge in [0.05, 0.1) is 5.69 Å². The molecule has 7 nitrogen and oxygen atoms in total. The number of anilines is 1. The summed E-state index contributed by atoms with van der Waals surface area (Å²) in [5.74, 6) is 0.975. The molecular weight excluding hydrogens is 412 g/mol. The van der Waals surface area contributed by atoms with Gasteiger partial charge < -0.3 is 9.80 Å². The molecule has 31 heavy (non-hydrogen) atoms. The summed E-state index contributed by atoms with van der Waals surface area (Å²) in [6.45, 7) is 1.39. The minimum atomic E-state index is 0.149. The van der Waals surface area contributed by atoms with Crippen LogP contribution in [0.4, 0.5) is 5.95 Å². The van der Waals surface area contributed by atoms with E-state index in [1.165, 1.54) is 6.33 Å². The molecule has 1 aliphatic heterocycles. The van der Waals surface area contributed by atoms with E-state index in [0.717, 1.165) is 35.3 Å². The molecule has 3 heterocycles. The maximum atomic E-state index is 12.8. The van der Waals surface area contributed by atoms with Gasteiger partial charge in [-0.2, -0.15) is 0 Å². The summed E-state index contributed by atoms with van der Waals surface area (Å²) >= 11 is 5.94. The molecule has 3 aromatic rings. The first-order chi connectivity index (χ1) is 15.0. The van der Waals surface area contributed by atoms with Gasteiger partial charge in [0.25, 0.3) is 0 Å². The first-order valence-electron chi connectivity index (χ1n) is 10.3. The second kappa shape index (κ2) is 9.39. The van der Waals surface area contributed by atoms with Gasteiger partial charge in [0, 0.05) is 74.3 Å². The lowest BCUT2D eigenvalue weighted by Crippen LogP contribution is -2.28. The number of rotatable bonds is 6. The Labute approximate surface area is 187 Å². The SMILES string of the molecule is CN(C)c1ncc(-c2cncnc2)c(C2CCN(C(=O)CCc3ccc(Cl)cc3)C2)n1. The molecule has 1 aliphatic rings. The zero-order valence-electron chi connectivity index (χ0n) is 17.7. The predicted molar refractivity (Wildman–Crippen MR) is 121 cm³/mol. The summed E-state index contributed by atoms with van der Waals surface area (Å²) in [5, 5.41) is 0.707. The van der Waals surface area contributed by atoms with E-state index in [-0.39, 0.29) is 11.8 Å². The maximum absolute atomic E-state index is 12.8. The number of carbonyl (C=O) groups is 1. The molecule has 0 N–H and O–H groups in total. The van der Waals surface area contributed by atoms with E-state index in [0.29, 0.717) is 30.4 Å². The van der Waals surface area contributed by atoms with Gasteiger partial charge in [0.1, 0.15) is 6.33 Å². The maximum Gasteiger partial charge on any atom is 0.225 e. The van der Waals surface area contributed by atoms with Crippen molar-refractivity contribution in [1.82, 2.24) is 24.8 Å². The van der Waals surface area contributed by atoms with E-state index >= 15 is 0 Å². The van der Waals surface area contributed by atoms with Gasteiger partial charge in [-0.05, 0) is 30.5 Å². The third kappa shape index (κ3) is 4.99. The molecule has 1 amide bonds. The minimum absolute atomic E-state index is 0.149. The molecule has 1 saturated heterocycles. The van der Waals surface area contributed by atoms with Crippen molar-refractivity contribution in [3.05, 3.63) is 65.5 Å². The highest BCUT2D eigenvalue weighted by Gasteiger charge is 2.30. The van der Waals surface area contributed by atoms with Crippen LogP contribution in [0, 0.1) is 0 Å². The Bertz CT molecular complexity index is 1040. The molecule has 0 aliphatic carbocycles. The molecule has 1 atom stereocenters. The number of nitrogens with zero attached hydrogens (tertiary/aromatic N) is 6. The van der Waals surface area contributed by atoms with E-state index in [2.05, 4.69) is 15.0 Å². The van der Waals surface area contributed by atoms with Crippen LogP contribution in [0.1, 0.15) is 30.0 Å². The van der Waals surface area contributed by atoms with Gasteiger partial charge in [-0.25, -0.2) is 19.9 Å². The molecule has 0 saturated carbocycles. The Hall–Kier alpha value is -3.06. The number of halogens is 1. The lowest BCUT2D eigenvalue weighted by atomic mass is 9.97. The van der Waals surface area contributed by atoms with Crippen LogP contribution in [0.3, 0.4) is 0 Å². The van der Waals surface area contributed by atoms with Crippen molar-refractivity contribution in [2.75, 3.05) is 32.1 Å². The highest BCUT2D eigenvalue weighted by molar-refractivity contribution is 6.30. The lowest BCUT2D eigenvalue weighted by Gasteiger charge is -2.19. The Kier molecular flexibility index (Phi) is 6.42. The van der Waals surface area contributed by atoms with Gasteiger partial charge in [0.15, 0.2) is 0 Å². The van der Waals surface area contributed by atoms with Crippen LogP contribution in [-0.4, -0.2) is 57.9 Å². The van der Waals surface area contributed by atoms with Gasteiger partial charge >= 0.3 is 0 Å². The largest absolute Gasteiger partial charge is 0.347 e. The highest BCUT2D eigenvalue weighted by Crippen LogP contribution is 2.34. The van der Waals surface area contributed by atoms with E-state index in [9.17, 15) is 4.79 Å². The monoisotopic (exact) mass is 436 g/mol. The first kappa shape index (κ1) is 21.2. The second-order valence-electron chi connectivity index (χ2n) is 7.94. The molecular formula is C23H25ClN6O. The Balaban J connectivity index is 1.49. The average molecular weight is 437 g/mol. The smallest absolute Gasteiger partial charge is 0.225 e. The summed E-state index contributed by atoms with van der Waals surface area (Å²) in [7, 11) is 3.84. The highest BCUT2D eigenvalue weighted by atomic mass is 35.5. The fourth-order valence-corrected chi connectivity index (χ4v) is 3.97. The molecule has 1 unspecified atom stereocenters. The van der Waals surface area contributed by atoms with Crippen molar-refractivity contribution in [2.45, 2.75) is 25.2 Å². The quantitative estimate of drug-likeness (QED) is 0.587. The zero-order chi connectivity index (χ0) is 21.8. The topological polar surface area (TPSA) is 75.1 Å². The van der Waals surface area contributed by atoms with Crippen LogP contribution in [0.2, 0.25) is 5.02 Å². The Morgan fingerprint density at radius 2 is 1.90 bits per heavy atom. The molecule has 160 valence electrons. The Morgan fingerprint density at radius 1 is 1.16 bits per heavy atom. The summed E-state index contributed by atoms with van der Waals surface area (Å²) in [6, 6.07) is 7.67. The van der Waals surface area contributed by atoms with Crippen molar-refractivity contribution in [1.29, 1.82) is 0 Å². The number of aryl methyl sites for hydroxylation is 1. The molecule has 0 radical (unpaired) electrons. The number of benzene rings is 1. The normalized spacial score (nSPS) is 15.8. The minimum Gasteiger partial charge on any atom is -0.347 e. The molecule has 4 rings (SSSR count). The zero-order valence-corrected chi connectivity index (χ0v) is 18.5. The van der Waals surface area contributed by atoms with Crippen LogP contribution < -0.4 is 4.90 Å². The van der Waals surface area contributed by atoms with Crippen molar-refractivity contribution in [3.8, 4) is 11.1 Å². The van der Waals surface area contributed by atoms with E-state index in [4.69, 9.17) is 16.6 Å². The van der Waals surface area contributed by atoms with Crippen LogP contribution in [-0.2, 0) is 11.2 Å². The fourth-order valence-electron chi connectivity index (χ4n) is 3.84. The van der Waals surface area contributed by atoms with Crippen molar-refractivity contribution < 1.29 is 4.79 Å². The first-order valence-corrected chi connectivity index (χ1v) is 10.7. The van der Waals surface area contributed by atoms with Crippen molar-refractivity contribution in [3.63, 3.8) is 0 Å². The number of amides is 1. The van der Waals surface area contributed by atoms with Crippen LogP contribution in [0.25, 0.3) is 11.1 Å². The lowest BCUT2D eigenvalue weighted by molar-refractivity contribution is -0.130. The molecule has 1 fully saturated rings. The number of hydrogen-bond acceptors (Lipinski definition) is 6. The van der Waals surface area contributed by atoms with Crippen LogP contribution in [0.5, 0.6) is 0 Å². The number of hydrogen-bond donors (Lipinski definition) is 0. The standard InChI is InChI=1S/C23H25ClN6O/c1-29(2)23-27-13-20(18-11-25-15-26-12-18)22(28-23)17-9-10-30(14-17)21(31)8-5-16-3-6-19(24)7-4-16/h3-4,6-7,11-13,15,17H,5,8-10,14H2,1-2H3. The van der Waals surface area contributed by atoms with Crippen molar-refractivity contribution in [2.24, 2.45) is 0 Å². The average Bonchev–Trinajstić information content (AvgIpc) is 3.29. The predicted octanol–water partition coefficient (Wildman–Crippen LogP) is 3.60. The molecule has 2 aromatic heterocycles. The van der Waals surface area contributed by atoms with E-state index < -0.39 is 0 Å². The molecule has 0 bridgehead atoms. The van der Waals surface area contributed by atoms with Crippen LogP contribution >= 0.6 is 11.6 Å². The van der Waals surface area contributed by atoms with E-state index in [1.807, 2.05) is 54.4 Å². The third-order valence-electron chi connectivity index (χ3n) is 5.55. The molecule has 8 heteroatoms. The number of likely N-dealkylation sites (tertiary alicyclic amines) is 1. The molecule has 0 spiro atoms. The van der Waals surface area contributed by atoms with Crippen LogP contribution in [0.15, 0.2) is 49.2 Å². The number of aromatic nitrogens is 4. The van der Waals surface area contributed by atoms with E-state index in [1.54, 1.807) is 12.4 Å². The molecule has 1 aromatic carbocycles. The van der Waals surface area contributed by atoms with Gasteiger partial charge in [0.2, 0.25) is 11.9 Å². The fraction of sp³-hybridized carbons (Fsp3) is 0.348. The van der Waals surface area contributed by atoms with Gasteiger partial charge in [-0.1, -0.05) is 23.7 Å². The third-order valence-corrected chi connectivity index (χ3v) is 5.80. The summed E-state index contributed by atoms with van der Waals surface area (Å²) in [4.78, 5) is 34.3.